The van der Waals surface area contributed by atoms with Gasteiger partial charge in [0.25, 0.3) is 0 Å². The van der Waals surface area contributed by atoms with Crippen LogP contribution in [0, 0.1) is 5.82 Å². The third kappa shape index (κ3) is 3.77. The van der Waals surface area contributed by atoms with Gasteiger partial charge in [0.15, 0.2) is 0 Å². The fourth-order valence-electron chi connectivity index (χ4n) is 2.60. The first kappa shape index (κ1) is 14.9. The van der Waals surface area contributed by atoms with Crippen molar-refractivity contribution >= 4 is 5.91 Å². The summed E-state index contributed by atoms with van der Waals surface area (Å²) in [5.41, 5.74) is 0.882. The van der Waals surface area contributed by atoms with Crippen LogP contribution in [0.4, 0.5) is 4.39 Å². The Bertz CT molecular complexity index is 453. The molecule has 5 heteroatoms. The van der Waals surface area contributed by atoms with E-state index in [1.807, 2.05) is 11.0 Å². The normalized spacial score (nSPS) is 18.5. The van der Waals surface area contributed by atoms with Crippen LogP contribution in [-0.2, 0) is 9.53 Å². The average molecular weight is 280 g/mol. The predicted molar refractivity (Wildman–Crippen MR) is 74.8 cm³/mol. The Labute approximate surface area is 118 Å². The molecule has 1 heterocycles. The minimum Gasteiger partial charge on any atom is -0.383 e. The standard InChI is InChI=1S/C15H21FN2O2/c1-20-9-7-17-11-15(19)18-8-3-6-14(18)12-4-2-5-13(16)10-12/h2,4-5,10,14,17H,3,6-9,11H2,1H3. The van der Waals surface area contributed by atoms with Gasteiger partial charge in [-0.1, -0.05) is 12.1 Å². The number of methoxy groups -OCH3 is 1. The molecule has 1 unspecified atom stereocenters. The van der Waals surface area contributed by atoms with Crippen LogP contribution in [0.2, 0.25) is 0 Å². The number of nitrogens with zero attached hydrogens (tertiary/aromatic N) is 1. The Morgan fingerprint density at radius 1 is 1.55 bits per heavy atom. The molecule has 2 rings (SSSR count). The summed E-state index contributed by atoms with van der Waals surface area (Å²) in [6.07, 6.45) is 1.86. The maximum absolute atomic E-state index is 13.3. The molecule has 1 saturated heterocycles. The largest absolute Gasteiger partial charge is 0.383 e. The number of carbonyl (C=O) groups excluding carboxylic acids is 1. The van der Waals surface area contributed by atoms with Gasteiger partial charge in [-0.05, 0) is 30.5 Å². The lowest BCUT2D eigenvalue weighted by molar-refractivity contribution is -0.131. The van der Waals surface area contributed by atoms with Crippen LogP contribution < -0.4 is 5.32 Å². The molecule has 0 aromatic heterocycles. The maximum Gasteiger partial charge on any atom is 0.237 e. The minimum absolute atomic E-state index is 0.00225. The van der Waals surface area contributed by atoms with Gasteiger partial charge >= 0.3 is 0 Å². The summed E-state index contributed by atoms with van der Waals surface area (Å²) in [6.45, 7) is 2.28. The maximum atomic E-state index is 13.3. The molecule has 0 spiro atoms. The van der Waals surface area contributed by atoms with Gasteiger partial charge < -0.3 is 15.0 Å². The Hall–Kier alpha value is -1.46. The lowest BCUT2D eigenvalue weighted by Gasteiger charge is -2.25. The van der Waals surface area contributed by atoms with Crippen molar-refractivity contribution in [3.05, 3.63) is 35.6 Å². The summed E-state index contributed by atoms with van der Waals surface area (Å²) >= 11 is 0. The van der Waals surface area contributed by atoms with E-state index >= 15 is 0 Å². The van der Waals surface area contributed by atoms with Crippen LogP contribution in [0.15, 0.2) is 24.3 Å². The molecule has 1 N–H and O–H groups in total. The molecule has 4 nitrogen and oxygen atoms in total. The third-order valence-corrected chi connectivity index (χ3v) is 3.57. The van der Waals surface area contributed by atoms with Gasteiger partial charge in [-0.15, -0.1) is 0 Å². The Morgan fingerprint density at radius 3 is 3.15 bits per heavy atom. The zero-order chi connectivity index (χ0) is 14.4. The summed E-state index contributed by atoms with van der Waals surface area (Å²) in [4.78, 5) is 14.0. The van der Waals surface area contributed by atoms with Gasteiger partial charge in [0.1, 0.15) is 5.82 Å². The molecule has 1 aromatic carbocycles. The zero-order valence-corrected chi connectivity index (χ0v) is 11.8. The molecule has 1 aliphatic heterocycles. The van der Waals surface area contributed by atoms with E-state index in [1.165, 1.54) is 12.1 Å². The van der Waals surface area contributed by atoms with Crippen molar-refractivity contribution in [2.45, 2.75) is 18.9 Å². The quantitative estimate of drug-likeness (QED) is 0.807. The van der Waals surface area contributed by atoms with Gasteiger partial charge in [-0.2, -0.15) is 0 Å². The number of nitrogens with one attached hydrogen (secondary N) is 1. The Morgan fingerprint density at radius 2 is 2.40 bits per heavy atom. The number of likely N-dealkylation sites (tertiary alicyclic amines) is 1. The number of rotatable bonds is 6. The second-order valence-electron chi connectivity index (χ2n) is 4.97. The molecular formula is C15H21FN2O2. The second kappa shape index (κ2) is 7.36. The Kier molecular flexibility index (Phi) is 5.49. The molecule has 0 radical (unpaired) electrons. The van der Waals surface area contributed by atoms with Gasteiger partial charge in [0, 0.05) is 20.2 Å². The van der Waals surface area contributed by atoms with Crippen molar-refractivity contribution in [2.75, 3.05) is 33.4 Å². The minimum atomic E-state index is -0.250. The molecule has 1 aliphatic rings. The van der Waals surface area contributed by atoms with Gasteiger partial charge in [0.2, 0.25) is 5.91 Å². The van der Waals surface area contributed by atoms with Crippen molar-refractivity contribution in [3.63, 3.8) is 0 Å². The van der Waals surface area contributed by atoms with Gasteiger partial charge in [-0.3, -0.25) is 4.79 Å². The first-order valence-electron chi connectivity index (χ1n) is 6.97. The topological polar surface area (TPSA) is 41.6 Å². The molecule has 1 atom stereocenters. The highest BCUT2D eigenvalue weighted by Crippen LogP contribution is 2.31. The molecule has 0 saturated carbocycles. The summed E-state index contributed by atoms with van der Waals surface area (Å²) in [7, 11) is 1.63. The highest BCUT2D eigenvalue weighted by Gasteiger charge is 2.29. The number of benzene rings is 1. The van der Waals surface area contributed by atoms with Crippen LogP contribution in [0.1, 0.15) is 24.4 Å². The lowest BCUT2D eigenvalue weighted by Crippen LogP contribution is -2.38. The molecule has 0 bridgehead atoms. The van der Waals surface area contributed by atoms with E-state index in [0.717, 1.165) is 24.9 Å². The van der Waals surface area contributed by atoms with Crippen molar-refractivity contribution in [3.8, 4) is 0 Å². The highest BCUT2D eigenvalue weighted by molar-refractivity contribution is 5.79. The van der Waals surface area contributed by atoms with E-state index < -0.39 is 0 Å². The van der Waals surface area contributed by atoms with Crippen molar-refractivity contribution < 1.29 is 13.9 Å². The summed E-state index contributed by atoms with van der Waals surface area (Å²) in [5.74, 6) is -0.187. The van der Waals surface area contributed by atoms with E-state index in [4.69, 9.17) is 4.74 Å². The molecule has 1 amide bonds. The first-order chi connectivity index (χ1) is 9.72. The Balaban J connectivity index is 1.95. The predicted octanol–water partition coefficient (Wildman–Crippen LogP) is 1.73. The number of halogens is 1. The number of hydrogen-bond donors (Lipinski definition) is 1. The summed E-state index contributed by atoms with van der Waals surface area (Å²) in [6, 6.07) is 6.54. The van der Waals surface area contributed by atoms with Crippen LogP contribution in [0.25, 0.3) is 0 Å². The first-order valence-corrected chi connectivity index (χ1v) is 6.97. The number of hydrogen-bond acceptors (Lipinski definition) is 3. The third-order valence-electron chi connectivity index (χ3n) is 3.57. The SMILES string of the molecule is COCCNCC(=O)N1CCCC1c1cccc(F)c1. The molecule has 1 aromatic rings. The van der Waals surface area contributed by atoms with Gasteiger partial charge in [-0.25, -0.2) is 4.39 Å². The van der Waals surface area contributed by atoms with E-state index in [1.54, 1.807) is 13.2 Å². The number of amides is 1. The van der Waals surface area contributed by atoms with E-state index in [-0.39, 0.29) is 17.8 Å². The zero-order valence-electron chi connectivity index (χ0n) is 11.8. The second-order valence-corrected chi connectivity index (χ2v) is 4.97. The van der Waals surface area contributed by atoms with Crippen molar-refractivity contribution in [1.29, 1.82) is 0 Å². The molecule has 1 fully saturated rings. The van der Waals surface area contributed by atoms with E-state index in [2.05, 4.69) is 5.32 Å². The fraction of sp³-hybridized carbons (Fsp3) is 0.533. The van der Waals surface area contributed by atoms with E-state index in [9.17, 15) is 9.18 Å². The molecule has 110 valence electrons. The van der Waals surface area contributed by atoms with Gasteiger partial charge in [0.05, 0.1) is 19.2 Å². The molecular weight excluding hydrogens is 259 g/mol. The summed E-state index contributed by atoms with van der Waals surface area (Å²) in [5, 5.41) is 3.06. The molecule has 20 heavy (non-hydrogen) atoms. The average Bonchev–Trinajstić information content (AvgIpc) is 2.93. The van der Waals surface area contributed by atoms with Crippen molar-refractivity contribution in [2.24, 2.45) is 0 Å². The summed E-state index contributed by atoms with van der Waals surface area (Å²) < 4.78 is 18.2. The number of ether oxygens (including phenoxy) is 1. The fourth-order valence-corrected chi connectivity index (χ4v) is 2.60. The van der Waals surface area contributed by atoms with Crippen LogP contribution in [0.5, 0.6) is 0 Å². The van der Waals surface area contributed by atoms with Crippen LogP contribution in [-0.4, -0.2) is 44.2 Å². The highest BCUT2D eigenvalue weighted by atomic mass is 19.1. The van der Waals surface area contributed by atoms with Crippen LogP contribution in [0.3, 0.4) is 0 Å². The monoisotopic (exact) mass is 280 g/mol. The van der Waals surface area contributed by atoms with Crippen molar-refractivity contribution in [1.82, 2.24) is 10.2 Å². The number of carbonyl (C=O) groups is 1. The van der Waals surface area contributed by atoms with Crippen LogP contribution >= 0.6 is 0 Å². The lowest BCUT2D eigenvalue weighted by atomic mass is 10.0. The smallest absolute Gasteiger partial charge is 0.237 e. The molecule has 0 aliphatic carbocycles. The van der Waals surface area contributed by atoms with E-state index in [0.29, 0.717) is 19.7 Å².